The molecule has 5 heteroatoms. The van der Waals surface area contributed by atoms with Crippen LogP contribution in [0.25, 0.3) is 11.0 Å². The van der Waals surface area contributed by atoms with Gasteiger partial charge in [-0.3, -0.25) is 4.79 Å². The summed E-state index contributed by atoms with van der Waals surface area (Å²) in [6, 6.07) is 11.1. The average molecular weight is 314 g/mol. The monoisotopic (exact) mass is 313 g/mol. The predicted molar refractivity (Wildman–Crippen MR) is 88.1 cm³/mol. The molecule has 4 nitrogen and oxygen atoms in total. The fraction of sp³-hybridized carbons (Fsp3) is 0.176. The summed E-state index contributed by atoms with van der Waals surface area (Å²) in [4.78, 5) is 21.8. The zero-order valence-electron chi connectivity index (χ0n) is 12.4. The van der Waals surface area contributed by atoms with E-state index in [2.05, 4.69) is 9.97 Å². The quantitative estimate of drug-likeness (QED) is 0.793. The van der Waals surface area contributed by atoms with Gasteiger partial charge in [0, 0.05) is 29.9 Å². The van der Waals surface area contributed by atoms with Gasteiger partial charge in [0.2, 0.25) is 0 Å². The number of hydrogen-bond acceptors (Lipinski definition) is 2. The van der Waals surface area contributed by atoms with Gasteiger partial charge in [-0.05, 0) is 36.8 Å². The van der Waals surface area contributed by atoms with E-state index in [4.69, 9.17) is 11.6 Å². The van der Waals surface area contributed by atoms with E-state index in [0.29, 0.717) is 10.6 Å². The summed E-state index contributed by atoms with van der Waals surface area (Å²) in [6.45, 7) is 1.99. The van der Waals surface area contributed by atoms with E-state index < -0.39 is 0 Å². The van der Waals surface area contributed by atoms with Crippen LogP contribution < -0.4 is 0 Å². The molecule has 22 heavy (non-hydrogen) atoms. The van der Waals surface area contributed by atoms with Gasteiger partial charge >= 0.3 is 0 Å². The van der Waals surface area contributed by atoms with E-state index in [1.807, 2.05) is 37.3 Å². The van der Waals surface area contributed by atoms with E-state index in [1.165, 1.54) is 0 Å². The molecular weight excluding hydrogens is 298 g/mol. The van der Waals surface area contributed by atoms with Crippen LogP contribution in [-0.4, -0.2) is 27.8 Å². The SMILES string of the molecule is CC(c1cccc(Cl)c1)N(C)C(=O)c1ccnc2[nH]ccc12. The molecule has 112 valence electrons. The minimum absolute atomic E-state index is 0.0422. The molecule has 0 saturated heterocycles. The summed E-state index contributed by atoms with van der Waals surface area (Å²) in [5, 5.41) is 1.50. The van der Waals surface area contributed by atoms with Crippen LogP contribution in [0.5, 0.6) is 0 Å². The third-order valence-corrected chi connectivity index (χ3v) is 4.16. The van der Waals surface area contributed by atoms with Gasteiger partial charge in [-0.15, -0.1) is 0 Å². The summed E-state index contributed by atoms with van der Waals surface area (Å²) in [7, 11) is 1.80. The van der Waals surface area contributed by atoms with Gasteiger partial charge in [0.15, 0.2) is 0 Å². The van der Waals surface area contributed by atoms with Crippen molar-refractivity contribution in [2.24, 2.45) is 0 Å². The lowest BCUT2D eigenvalue weighted by atomic mass is 10.1. The number of carbonyl (C=O) groups excluding carboxylic acids is 1. The van der Waals surface area contributed by atoms with Crippen molar-refractivity contribution in [1.29, 1.82) is 0 Å². The molecule has 1 amide bonds. The van der Waals surface area contributed by atoms with Crippen LogP contribution >= 0.6 is 11.6 Å². The molecule has 0 spiro atoms. The highest BCUT2D eigenvalue weighted by Gasteiger charge is 2.21. The Morgan fingerprint density at radius 1 is 1.32 bits per heavy atom. The first kappa shape index (κ1) is 14.6. The van der Waals surface area contributed by atoms with E-state index in [9.17, 15) is 4.79 Å². The zero-order valence-corrected chi connectivity index (χ0v) is 13.1. The molecule has 1 aromatic carbocycles. The Bertz CT molecular complexity index is 827. The number of pyridine rings is 1. The van der Waals surface area contributed by atoms with Crippen molar-refractivity contribution in [2.45, 2.75) is 13.0 Å². The summed E-state index contributed by atoms with van der Waals surface area (Å²) in [5.41, 5.74) is 2.36. The van der Waals surface area contributed by atoms with Gasteiger partial charge in [-0.1, -0.05) is 23.7 Å². The minimum Gasteiger partial charge on any atom is -0.346 e. The normalized spacial score (nSPS) is 12.3. The number of aromatic amines is 1. The Morgan fingerprint density at radius 3 is 2.91 bits per heavy atom. The van der Waals surface area contributed by atoms with Crippen molar-refractivity contribution < 1.29 is 4.79 Å². The van der Waals surface area contributed by atoms with Crippen molar-refractivity contribution in [3.63, 3.8) is 0 Å². The zero-order chi connectivity index (χ0) is 15.7. The first-order valence-electron chi connectivity index (χ1n) is 7.02. The first-order chi connectivity index (χ1) is 10.6. The van der Waals surface area contributed by atoms with Crippen LogP contribution in [0.1, 0.15) is 28.9 Å². The second-order valence-corrected chi connectivity index (χ2v) is 5.68. The van der Waals surface area contributed by atoms with E-state index >= 15 is 0 Å². The molecule has 0 fully saturated rings. The number of H-pyrrole nitrogens is 1. The topological polar surface area (TPSA) is 49.0 Å². The van der Waals surface area contributed by atoms with Gasteiger partial charge in [0.05, 0.1) is 11.6 Å². The van der Waals surface area contributed by atoms with Crippen molar-refractivity contribution in [3.8, 4) is 0 Å². The van der Waals surface area contributed by atoms with E-state index in [-0.39, 0.29) is 11.9 Å². The lowest BCUT2D eigenvalue weighted by molar-refractivity contribution is 0.0744. The van der Waals surface area contributed by atoms with Crippen LogP contribution in [0.15, 0.2) is 48.8 Å². The number of rotatable bonds is 3. The molecule has 3 aromatic rings. The molecule has 1 N–H and O–H groups in total. The molecule has 2 aromatic heterocycles. The van der Waals surface area contributed by atoms with Crippen LogP contribution in [0, 0.1) is 0 Å². The summed E-state index contributed by atoms with van der Waals surface area (Å²) in [6.07, 6.45) is 3.43. The lowest BCUT2D eigenvalue weighted by Crippen LogP contribution is -2.29. The van der Waals surface area contributed by atoms with E-state index in [0.717, 1.165) is 16.6 Å². The number of nitrogens with one attached hydrogen (secondary N) is 1. The third kappa shape index (κ3) is 2.57. The van der Waals surface area contributed by atoms with Crippen LogP contribution in [0.2, 0.25) is 5.02 Å². The molecule has 2 heterocycles. The molecule has 0 radical (unpaired) electrons. The molecule has 3 rings (SSSR count). The molecule has 1 unspecified atom stereocenters. The first-order valence-corrected chi connectivity index (χ1v) is 7.40. The summed E-state index contributed by atoms with van der Waals surface area (Å²) < 4.78 is 0. The number of benzene rings is 1. The van der Waals surface area contributed by atoms with Crippen LogP contribution in [0.4, 0.5) is 0 Å². The number of halogens is 1. The van der Waals surface area contributed by atoms with Gasteiger partial charge < -0.3 is 9.88 Å². The molecule has 0 aliphatic carbocycles. The van der Waals surface area contributed by atoms with Crippen molar-refractivity contribution in [2.75, 3.05) is 7.05 Å². The molecule has 0 bridgehead atoms. The van der Waals surface area contributed by atoms with Gasteiger partial charge in [0.1, 0.15) is 5.65 Å². The molecule has 0 aliphatic heterocycles. The summed E-state index contributed by atoms with van der Waals surface area (Å²) >= 11 is 6.04. The lowest BCUT2D eigenvalue weighted by Gasteiger charge is -2.25. The molecular formula is C17H16ClN3O. The van der Waals surface area contributed by atoms with E-state index in [1.54, 1.807) is 30.4 Å². The standard InChI is InChI=1S/C17H16ClN3O/c1-11(12-4-3-5-13(18)10-12)21(2)17(22)15-7-9-20-16-14(15)6-8-19-16/h3-11H,1-2H3,(H,19,20). The number of fused-ring (bicyclic) bond motifs is 1. The third-order valence-electron chi connectivity index (χ3n) is 3.92. The number of hydrogen-bond donors (Lipinski definition) is 1. The second kappa shape index (κ2) is 5.81. The minimum atomic E-state index is -0.0756. The number of nitrogens with zero attached hydrogens (tertiary/aromatic N) is 2. The van der Waals surface area contributed by atoms with Gasteiger partial charge in [-0.25, -0.2) is 4.98 Å². The fourth-order valence-corrected chi connectivity index (χ4v) is 2.70. The highest BCUT2D eigenvalue weighted by Crippen LogP contribution is 2.25. The average Bonchev–Trinajstić information content (AvgIpc) is 3.01. The maximum atomic E-state index is 12.8. The Hall–Kier alpha value is -2.33. The van der Waals surface area contributed by atoms with Crippen molar-refractivity contribution in [1.82, 2.24) is 14.9 Å². The number of amides is 1. The molecule has 0 saturated carbocycles. The number of aromatic nitrogens is 2. The molecule has 1 atom stereocenters. The van der Waals surface area contributed by atoms with Crippen molar-refractivity contribution >= 4 is 28.5 Å². The smallest absolute Gasteiger partial charge is 0.254 e. The Kier molecular flexibility index (Phi) is 3.86. The number of carbonyl (C=O) groups is 1. The Balaban J connectivity index is 1.93. The summed E-state index contributed by atoms with van der Waals surface area (Å²) in [5.74, 6) is -0.0422. The maximum Gasteiger partial charge on any atom is 0.254 e. The largest absolute Gasteiger partial charge is 0.346 e. The van der Waals surface area contributed by atoms with Crippen molar-refractivity contribution in [3.05, 3.63) is 64.9 Å². The Morgan fingerprint density at radius 2 is 2.14 bits per heavy atom. The van der Waals surface area contributed by atoms with Crippen LogP contribution in [-0.2, 0) is 0 Å². The fourth-order valence-electron chi connectivity index (χ4n) is 2.50. The Labute approximate surface area is 133 Å². The highest BCUT2D eigenvalue weighted by molar-refractivity contribution is 6.30. The van der Waals surface area contributed by atoms with Gasteiger partial charge in [0.25, 0.3) is 5.91 Å². The maximum absolute atomic E-state index is 12.8. The highest BCUT2D eigenvalue weighted by atomic mass is 35.5. The van der Waals surface area contributed by atoms with Crippen LogP contribution in [0.3, 0.4) is 0 Å². The second-order valence-electron chi connectivity index (χ2n) is 5.25. The predicted octanol–water partition coefficient (Wildman–Crippen LogP) is 4.05. The molecule has 0 aliphatic rings. The van der Waals surface area contributed by atoms with Gasteiger partial charge in [-0.2, -0.15) is 0 Å².